The Labute approximate surface area is 210 Å². The largest absolute Gasteiger partial charge is 0.322 e. The van der Waals surface area contributed by atoms with Crippen molar-refractivity contribution in [1.82, 2.24) is 14.4 Å². The van der Waals surface area contributed by atoms with Gasteiger partial charge in [-0.25, -0.2) is 4.79 Å². The second-order valence-electron chi connectivity index (χ2n) is 9.40. The zero-order valence-corrected chi connectivity index (χ0v) is 21.0. The zero-order valence-electron chi connectivity index (χ0n) is 20.2. The number of nitrogens with one attached hydrogen (secondary N) is 1. The van der Waals surface area contributed by atoms with Gasteiger partial charge in [-0.05, 0) is 54.8 Å². The van der Waals surface area contributed by atoms with Gasteiger partial charge in [0.05, 0.1) is 18.3 Å². The van der Waals surface area contributed by atoms with Crippen LogP contribution < -0.4 is 5.32 Å². The minimum Gasteiger partial charge on any atom is -0.310 e. The van der Waals surface area contributed by atoms with Crippen LogP contribution in [0.4, 0.5) is 10.5 Å². The van der Waals surface area contributed by atoms with Crippen molar-refractivity contribution >= 4 is 23.1 Å². The van der Waals surface area contributed by atoms with E-state index in [2.05, 4.69) is 64.3 Å². The molecule has 2 aliphatic rings. The molecule has 1 N–H and O–H groups in total. The molecule has 2 amide bonds. The quantitative estimate of drug-likeness (QED) is 0.369. The summed E-state index contributed by atoms with van der Waals surface area (Å²) in [5.41, 5.74) is 6.90. The van der Waals surface area contributed by atoms with E-state index in [9.17, 15) is 4.79 Å². The maximum Gasteiger partial charge on any atom is 0.322 e. The predicted molar refractivity (Wildman–Crippen MR) is 142 cm³/mol. The maximum absolute atomic E-state index is 14.0. The van der Waals surface area contributed by atoms with Gasteiger partial charge in [-0.3, -0.25) is 4.90 Å². The van der Waals surface area contributed by atoms with Gasteiger partial charge >= 0.3 is 6.03 Å². The molecule has 0 fully saturated rings. The van der Waals surface area contributed by atoms with Gasteiger partial charge in [0.2, 0.25) is 0 Å². The molecule has 4 aromatic rings. The topological polar surface area (TPSA) is 40.5 Å². The Bertz CT molecular complexity index is 1370. The predicted octanol–water partition coefficient (Wildman–Crippen LogP) is 6.36. The average molecular weight is 483 g/mol. The molecule has 0 radical (unpaired) electrons. The highest BCUT2D eigenvalue weighted by Crippen LogP contribution is 2.43. The molecule has 6 rings (SSSR count). The van der Waals surface area contributed by atoms with E-state index in [0.717, 1.165) is 48.6 Å². The van der Waals surface area contributed by atoms with E-state index in [0.29, 0.717) is 6.54 Å². The molecule has 0 aliphatic carbocycles. The molecule has 4 heterocycles. The van der Waals surface area contributed by atoms with Crippen LogP contribution in [0, 0.1) is 6.92 Å². The number of thiophene rings is 1. The van der Waals surface area contributed by atoms with Gasteiger partial charge in [-0.15, -0.1) is 11.3 Å². The number of benzene rings is 2. The molecule has 6 heteroatoms. The Hall–Kier alpha value is -3.35. The van der Waals surface area contributed by atoms with Gasteiger partial charge in [-0.1, -0.05) is 55.5 Å². The number of amides is 2. The standard InChI is InChI=1S/C29H30N4OS/c1-3-31-17-15-22-23-18-33(29(34)30-24-13-8-7-10-20(24)2)27(21-11-5-4-6-12-21)25-14-9-16-32(25)28(23)35-26(22)19-31/h4-14,16,27H,3,15,17-19H2,1-2H3,(H,30,34). The molecule has 0 saturated heterocycles. The first-order valence-electron chi connectivity index (χ1n) is 12.4. The van der Waals surface area contributed by atoms with E-state index in [1.54, 1.807) is 0 Å². The Balaban J connectivity index is 1.49. The van der Waals surface area contributed by atoms with E-state index in [-0.39, 0.29) is 12.1 Å². The second kappa shape index (κ2) is 9.02. The Morgan fingerprint density at radius 1 is 1.00 bits per heavy atom. The molecule has 1 atom stereocenters. The number of anilines is 1. The van der Waals surface area contributed by atoms with Gasteiger partial charge in [0.1, 0.15) is 5.00 Å². The van der Waals surface area contributed by atoms with Gasteiger partial charge in [0.25, 0.3) is 0 Å². The van der Waals surface area contributed by atoms with Crippen LogP contribution in [0.25, 0.3) is 5.00 Å². The molecule has 5 nitrogen and oxygen atoms in total. The number of para-hydroxylation sites is 1. The Kier molecular flexibility index (Phi) is 5.71. The Morgan fingerprint density at radius 2 is 1.80 bits per heavy atom. The number of aryl methyl sites for hydroxylation is 1. The van der Waals surface area contributed by atoms with Crippen molar-refractivity contribution in [3.8, 4) is 5.00 Å². The number of rotatable bonds is 3. The van der Waals surface area contributed by atoms with Crippen molar-refractivity contribution in [2.75, 3.05) is 18.4 Å². The molecule has 1 unspecified atom stereocenters. The second-order valence-corrected chi connectivity index (χ2v) is 10.5. The molecule has 2 aromatic heterocycles. The molecule has 178 valence electrons. The van der Waals surface area contributed by atoms with Crippen LogP contribution >= 0.6 is 11.3 Å². The molecule has 2 aliphatic heterocycles. The van der Waals surface area contributed by atoms with Crippen LogP contribution in [0.3, 0.4) is 0 Å². The lowest BCUT2D eigenvalue weighted by atomic mass is 10.00. The van der Waals surface area contributed by atoms with Crippen molar-refractivity contribution in [1.29, 1.82) is 0 Å². The van der Waals surface area contributed by atoms with E-state index >= 15 is 0 Å². The van der Waals surface area contributed by atoms with E-state index < -0.39 is 0 Å². The van der Waals surface area contributed by atoms with Crippen LogP contribution in [-0.2, 0) is 19.5 Å². The fraction of sp³-hybridized carbons (Fsp3) is 0.276. The minimum atomic E-state index is -0.179. The summed E-state index contributed by atoms with van der Waals surface area (Å²) in [4.78, 5) is 20.0. The van der Waals surface area contributed by atoms with Gasteiger partial charge in [-0.2, -0.15) is 0 Å². The summed E-state index contributed by atoms with van der Waals surface area (Å²) >= 11 is 1.90. The Morgan fingerprint density at radius 3 is 2.60 bits per heavy atom. The van der Waals surface area contributed by atoms with Gasteiger partial charge < -0.3 is 14.8 Å². The average Bonchev–Trinajstić information content (AvgIpc) is 3.47. The van der Waals surface area contributed by atoms with Crippen molar-refractivity contribution in [3.05, 3.63) is 106 Å². The van der Waals surface area contributed by atoms with Gasteiger partial charge in [0.15, 0.2) is 0 Å². The number of fused-ring (bicyclic) bond motifs is 5. The van der Waals surface area contributed by atoms with Crippen molar-refractivity contribution in [2.24, 2.45) is 0 Å². The van der Waals surface area contributed by atoms with Crippen LogP contribution in [0.15, 0.2) is 72.9 Å². The lowest BCUT2D eigenvalue weighted by Gasteiger charge is -2.32. The minimum absolute atomic E-state index is 0.0697. The van der Waals surface area contributed by atoms with E-state index in [1.165, 1.54) is 21.0 Å². The fourth-order valence-electron chi connectivity index (χ4n) is 5.43. The number of nitrogens with zero attached hydrogens (tertiary/aromatic N) is 3. The van der Waals surface area contributed by atoms with Crippen LogP contribution in [0.2, 0.25) is 0 Å². The first-order chi connectivity index (χ1) is 17.1. The molecule has 2 aromatic carbocycles. The van der Waals surface area contributed by atoms with Crippen molar-refractivity contribution < 1.29 is 4.79 Å². The number of urea groups is 1. The highest BCUT2D eigenvalue weighted by atomic mass is 32.1. The number of carbonyl (C=O) groups is 1. The van der Waals surface area contributed by atoms with Gasteiger partial charge in [0, 0.05) is 35.4 Å². The first-order valence-corrected chi connectivity index (χ1v) is 13.2. The molecule has 0 saturated carbocycles. The molecular formula is C29H30N4OS. The number of hydrogen-bond acceptors (Lipinski definition) is 3. The summed E-state index contributed by atoms with van der Waals surface area (Å²) in [6, 6.07) is 22.4. The summed E-state index contributed by atoms with van der Waals surface area (Å²) in [6.45, 7) is 7.99. The number of hydrogen-bond donors (Lipinski definition) is 1. The summed E-state index contributed by atoms with van der Waals surface area (Å²) in [5.74, 6) is 0. The smallest absolute Gasteiger partial charge is 0.310 e. The van der Waals surface area contributed by atoms with Crippen LogP contribution in [0.5, 0.6) is 0 Å². The summed E-state index contributed by atoms with van der Waals surface area (Å²) in [5, 5.41) is 4.49. The molecule has 0 bridgehead atoms. The SMILES string of the molecule is CCN1CCc2c(sc3c2CN(C(=O)Nc2ccccc2C)C(c2ccccc2)c2cccn2-3)C1. The third-order valence-electron chi connectivity index (χ3n) is 7.35. The highest BCUT2D eigenvalue weighted by Gasteiger charge is 2.36. The number of likely N-dealkylation sites (N-methyl/N-ethyl adjacent to an activating group) is 1. The molecule has 35 heavy (non-hydrogen) atoms. The van der Waals surface area contributed by atoms with Crippen molar-refractivity contribution in [2.45, 2.75) is 39.4 Å². The highest BCUT2D eigenvalue weighted by molar-refractivity contribution is 7.15. The van der Waals surface area contributed by atoms with Crippen LogP contribution in [-0.4, -0.2) is 33.5 Å². The normalized spacial score (nSPS) is 17.3. The number of carbonyl (C=O) groups excluding carboxylic acids is 1. The summed E-state index contributed by atoms with van der Waals surface area (Å²) in [7, 11) is 0. The fourth-order valence-corrected chi connectivity index (χ4v) is 6.84. The lowest BCUT2D eigenvalue weighted by Crippen LogP contribution is -2.38. The third-order valence-corrected chi connectivity index (χ3v) is 8.61. The zero-order chi connectivity index (χ0) is 23.9. The first kappa shape index (κ1) is 22.1. The number of aromatic nitrogens is 1. The summed E-state index contributed by atoms with van der Waals surface area (Å²) in [6.07, 6.45) is 3.20. The monoisotopic (exact) mass is 482 g/mol. The van der Waals surface area contributed by atoms with Crippen molar-refractivity contribution in [3.63, 3.8) is 0 Å². The molecular weight excluding hydrogens is 452 g/mol. The molecule has 0 spiro atoms. The summed E-state index contributed by atoms with van der Waals surface area (Å²) < 4.78 is 2.33. The maximum atomic E-state index is 14.0. The van der Waals surface area contributed by atoms with E-state index in [1.807, 2.05) is 53.5 Å². The van der Waals surface area contributed by atoms with E-state index in [4.69, 9.17) is 0 Å². The third kappa shape index (κ3) is 3.87. The van der Waals surface area contributed by atoms with Crippen LogP contribution in [0.1, 0.15) is 45.8 Å². The lowest BCUT2D eigenvalue weighted by molar-refractivity contribution is 0.194.